The number of benzene rings is 2. The van der Waals surface area contributed by atoms with Crippen LogP contribution in [0, 0.1) is 12.8 Å². The maximum atomic E-state index is 12.9. The zero-order valence-corrected chi connectivity index (χ0v) is 18.7. The number of thioether (sulfide) groups is 1. The second-order valence-corrected chi connectivity index (χ2v) is 9.76. The van der Waals surface area contributed by atoms with E-state index in [1.807, 2.05) is 22.9 Å². The van der Waals surface area contributed by atoms with Gasteiger partial charge in [-0.25, -0.2) is 9.78 Å². The Morgan fingerprint density at radius 1 is 1.13 bits per heavy atom. The van der Waals surface area contributed by atoms with Gasteiger partial charge in [0.1, 0.15) is 6.04 Å². The number of fused-ring (bicyclic) bond motifs is 1. The average Bonchev–Trinajstić information content (AvgIpc) is 3.13. The van der Waals surface area contributed by atoms with Crippen molar-refractivity contribution in [3.8, 4) is 5.69 Å². The molecule has 0 spiro atoms. The zero-order chi connectivity index (χ0) is 22.1. The third kappa shape index (κ3) is 4.36. The summed E-state index contributed by atoms with van der Waals surface area (Å²) in [6, 6.07) is 11.4. The molecule has 3 rings (SSSR count). The van der Waals surface area contributed by atoms with Crippen molar-refractivity contribution in [1.82, 2.24) is 14.9 Å². The first-order valence-electron chi connectivity index (χ1n) is 9.86. The lowest BCUT2D eigenvalue weighted by atomic mass is 10.0. The molecule has 0 aliphatic heterocycles. The average molecular weight is 426 g/mol. The molecule has 158 valence electrons. The number of carboxylic acid groups (broad SMARTS) is 1. The molecule has 0 radical (unpaired) electrons. The van der Waals surface area contributed by atoms with E-state index in [4.69, 9.17) is 0 Å². The van der Waals surface area contributed by atoms with E-state index in [1.54, 1.807) is 33.9 Å². The molecule has 0 saturated carbocycles. The SMILES string of the molecule is Cc1ccc(-n2ccnc2SC(C)(C)C(=O)NC(C(=O)O)C(C)C)c2ccccc12. The highest BCUT2D eigenvalue weighted by atomic mass is 32.2. The molecule has 2 aromatic carbocycles. The first kappa shape index (κ1) is 21.9. The predicted molar refractivity (Wildman–Crippen MR) is 120 cm³/mol. The summed E-state index contributed by atoms with van der Waals surface area (Å²) in [5, 5.41) is 15.0. The predicted octanol–water partition coefficient (Wildman–Crippen LogP) is 4.43. The molecule has 0 bridgehead atoms. The number of carboxylic acids is 1. The van der Waals surface area contributed by atoms with Crippen LogP contribution in [0.4, 0.5) is 0 Å². The van der Waals surface area contributed by atoms with Gasteiger partial charge in [0.05, 0.1) is 10.4 Å². The van der Waals surface area contributed by atoms with E-state index in [1.165, 1.54) is 17.3 Å². The molecule has 7 heteroatoms. The van der Waals surface area contributed by atoms with Crippen molar-refractivity contribution in [3.63, 3.8) is 0 Å². The van der Waals surface area contributed by atoms with Crippen LogP contribution >= 0.6 is 11.8 Å². The largest absolute Gasteiger partial charge is 0.480 e. The van der Waals surface area contributed by atoms with E-state index in [0.29, 0.717) is 5.16 Å². The number of imidazole rings is 1. The van der Waals surface area contributed by atoms with Crippen molar-refractivity contribution in [2.45, 2.75) is 50.6 Å². The molecule has 1 aromatic heterocycles. The summed E-state index contributed by atoms with van der Waals surface area (Å²) < 4.78 is 1.06. The van der Waals surface area contributed by atoms with Crippen molar-refractivity contribution < 1.29 is 14.7 Å². The number of aryl methyl sites for hydroxylation is 1. The lowest BCUT2D eigenvalue weighted by Crippen LogP contribution is -2.50. The summed E-state index contributed by atoms with van der Waals surface area (Å²) in [4.78, 5) is 28.8. The van der Waals surface area contributed by atoms with Crippen LogP contribution < -0.4 is 5.32 Å². The standard InChI is InChI=1S/C23H27N3O3S/c1-14(2)19(20(27)28)25-21(29)23(4,5)30-22-24-12-13-26(22)18-11-10-15(3)16-8-6-7-9-17(16)18/h6-14,19H,1-5H3,(H,25,29)(H,27,28). The van der Waals surface area contributed by atoms with Crippen LogP contribution in [0.1, 0.15) is 33.3 Å². The normalized spacial score (nSPS) is 12.9. The number of amides is 1. The Balaban J connectivity index is 1.92. The second kappa shape index (κ2) is 8.52. The topological polar surface area (TPSA) is 84.2 Å². The summed E-state index contributed by atoms with van der Waals surface area (Å²) in [6.45, 7) is 9.18. The van der Waals surface area contributed by atoms with Crippen LogP contribution in [0.3, 0.4) is 0 Å². The molecule has 0 fully saturated rings. The maximum absolute atomic E-state index is 12.9. The first-order valence-corrected chi connectivity index (χ1v) is 10.7. The molecule has 30 heavy (non-hydrogen) atoms. The number of aliphatic carboxylic acids is 1. The molecule has 0 saturated heterocycles. The van der Waals surface area contributed by atoms with Crippen LogP contribution in [-0.2, 0) is 9.59 Å². The minimum absolute atomic E-state index is 0.215. The van der Waals surface area contributed by atoms with Gasteiger partial charge < -0.3 is 10.4 Å². The Bertz CT molecular complexity index is 1090. The number of carbonyl (C=O) groups is 2. The smallest absolute Gasteiger partial charge is 0.326 e. The molecule has 0 aliphatic rings. The Morgan fingerprint density at radius 2 is 1.80 bits per heavy atom. The van der Waals surface area contributed by atoms with Crippen molar-refractivity contribution in [2.24, 2.45) is 5.92 Å². The van der Waals surface area contributed by atoms with Gasteiger partial charge in [-0.05, 0) is 43.7 Å². The summed E-state index contributed by atoms with van der Waals surface area (Å²) in [5.41, 5.74) is 2.18. The number of rotatable bonds is 7. The summed E-state index contributed by atoms with van der Waals surface area (Å²) >= 11 is 1.31. The third-order valence-corrected chi connectivity index (χ3v) is 6.28. The fourth-order valence-corrected chi connectivity index (χ4v) is 4.27. The van der Waals surface area contributed by atoms with Gasteiger partial charge in [0.25, 0.3) is 0 Å². The summed E-state index contributed by atoms with van der Waals surface area (Å²) in [6.07, 6.45) is 3.58. The number of nitrogens with one attached hydrogen (secondary N) is 1. The molecule has 2 N–H and O–H groups in total. The van der Waals surface area contributed by atoms with Gasteiger partial charge in [-0.15, -0.1) is 0 Å². The highest BCUT2D eigenvalue weighted by molar-refractivity contribution is 8.01. The number of nitrogens with zero attached hydrogens (tertiary/aromatic N) is 2. The van der Waals surface area contributed by atoms with Gasteiger partial charge in [0.2, 0.25) is 5.91 Å². The van der Waals surface area contributed by atoms with Crippen LogP contribution in [0.15, 0.2) is 53.9 Å². The van der Waals surface area contributed by atoms with Gasteiger partial charge in [-0.3, -0.25) is 9.36 Å². The van der Waals surface area contributed by atoms with Gasteiger partial charge in [-0.1, -0.05) is 55.9 Å². The van der Waals surface area contributed by atoms with Gasteiger partial charge in [0, 0.05) is 17.8 Å². The minimum atomic E-state index is -1.04. The second-order valence-electron chi connectivity index (χ2n) is 8.17. The van der Waals surface area contributed by atoms with Gasteiger partial charge in [-0.2, -0.15) is 0 Å². The third-order valence-electron chi connectivity index (χ3n) is 5.10. The fourth-order valence-electron chi connectivity index (χ4n) is 3.30. The first-order chi connectivity index (χ1) is 14.1. The Kier molecular flexibility index (Phi) is 6.22. The van der Waals surface area contributed by atoms with Crippen molar-refractivity contribution in [3.05, 3.63) is 54.4 Å². The Morgan fingerprint density at radius 3 is 2.43 bits per heavy atom. The Labute approximate surface area is 180 Å². The monoisotopic (exact) mass is 425 g/mol. The molecule has 0 aliphatic carbocycles. The molecule has 1 atom stereocenters. The van der Waals surface area contributed by atoms with E-state index < -0.39 is 16.8 Å². The summed E-state index contributed by atoms with van der Waals surface area (Å²) in [5.74, 6) is -1.59. The number of hydrogen-bond acceptors (Lipinski definition) is 4. The number of aromatic nitrogens is 2. The molecule has 1 unspecified atom stereocenters. The van der Waals surface area contributed by atoms with Crippen LogP contribution in [-0.4, -0.2) is 37.3 Å². The summed E-state index contributed by atoms with van der Waals surface area (Å²) in [7, 11) is 0. The molecule has 1 amide bonds. The maximum Gasteiger partial charge on any atom is 0.326 e. The van der Waals surface area contributed by atoms with Crippen molar-refractivity contribution >= 4 is 34.4 Å². The molecule has 3 aromatic rings. The number of carbonyl (C=O) groups excluding carboxylic acids is 1. The van der Waals surface area contributed by atoms with Crippen molar-refractivity contribution in [1.29, 1.82) is 0 Å². The molecular weight excluding hydrogens is 398 g/mol. The van der Waals surface area contributed by atoms with E-state index in [9.17, 15) is 14.7 Å². The fraction of sp³-hybridized carbons (Fsp3) is 0.348. The van der Waals surface area contributed by atoms with E-state index in [0.717, 1.165) is 16.5 Å². The quantitative estimate of drug-likeness (QED) is 0.547. The van der Waals surface area contributed by atoms with Crippen LogP contribution in [0.25, 0.3) is 16.5 Å². The lowest BCUT2D eigenvalue weighted by molar-refractivity contribution is -0.143. The van der Waals surface area contributed by atoms with Gasteiger partial charge >= 0.3 is 5.97 Å². The highest BCUT2D eigenvalue weighted by Crippen LogP contribution is 2.35. The van der Waals surface area contributed by atoms with Gasteiger partial charge in [0.15, 0.2) is 5.16 Å². The number of hydrogen-bond donors (Lipinski definition) is 2. The van der Waals surface area contributed by atoms with E-state index in [-0.39, 0.29) is 11.8 Å². The van der Waals surface area contributed by atoms with Crippen LogP contribution in [0.2, 0.25) is 0 Å². The molecular formula is C23H27N3O3S. The van der Waals surface area contributed by atoms with E-state index >= 15 is 0 Å². The van der Waals surface area contributed by atoms with Crippen LogP contribution in [0.5, 0.6) is 0 Å². The lowest BCUT2D eigenvalue weighted by Gasteiger charge is -2.26. The highest BCUT2D eigenvalue weighted by Gasteiger charge is 2.35. The minimum Gasteiger partial charge on any atom is -0.480 e. The van der Waals surface area contributed by atoms with E-state index in [2.05, 4.69) is 41.5 Å². The Hall–Kier alpha value is -2.80. The molecule has 1 heterocycles. The zero-order valence-electron chi connectivity index (χ0n) is 17.8. The van der Waals surface area contributed by atoms with Crippen molar-refractivity contribution in [2.75, 3.05) is 0 Å². The molecule has 6 nitrogen and oxygen atoms in total.